The van der Waals surface area contributed by atoms with E-state index >= 15 is 0 Å². The van der Waals surface area contributed by atoms with Gasteiger partial charge in [0.2, 0.25) is 0 Å². The van der Waals surface area contributed by atoms with Crippen molar-refractivity contribution in [1.29, 1.82) is 0 Å². The van der Waals surface area contributed by atoms with Crippen LogP contribution in [0, 0.1) is 0 Å². The molecule has 27 heavy (non-hydrogen) atoms. The first-order valence-corrected chi connectivity index (χ1v) is 6.67. The van der Waals surface area contributed by atoms with Gasteiger partial charge in [0.05, 0.1) is 0 Å². The summed E-state index contributed by atoms with van der Waals surface area (Å²) in [5.41, 5.74) is 9.81. The second-order valence-corrected chi connectivity index (χ2v) is 3.32. The van der Waals surface area contributed by atoms with E-state index < -0.39 is 32.5 Å². The Balaban J connectivity index is -0.0000000201. The summed E-state index contributed by atoms with van der Waals surface area (Å²) in [5.74, 6) is -3.33. The monoisotopic (exact) mass is 448 g/mol. The van der Waals surface area contributed by atoms with Crippen molar-refractivity contribution < 1.29 is 143 Å². The predicted molar refractivity (Wildman–Crippen MR) is 78.3 cm³/mol. The van der Waals surface area contributed by atoms with Crippen molar-refractivity contribution in [3.63, 3.8) is 0 Å². The molecule has 0 saturated carbocycles. The van der Waals surface area contributed by atoms with Crippen LogP contribution in [0.15, 0.2) is 0 Å². The van der Waals surface area contributed by atoms with Crippen molar-refractivity contribution in [2.45, 2.75) is 27.7 Å². The summed E-state index contributed by atoms with van der Waals surface area (Å²) in [6, 6.07) is 0. The molecule has 0 saturated heterocycles. The molecule has 0 heterocycles. The van der Waals surface area contributed by atoms with E-state index in [1.165, 1.54) is 0 Å². The normalized spacial score (nSPS) is 6.15. The third-order valence-electron chi connectivity index (χ3n) is 0.167. The molecule has 0 aromatic rings. The van der Waals surface area contributed by atoms with E-state index in [4.69, 9.17) is 65.8 Å². The molecular weight excluding hydrogens is 424 g/mol. The number of hydrogen-bond donors (Lipinski definition) is 6. The van der Waals surface area contributed by atoms with E-state index in [1.807, 2.05) is 0 Å². The summed E-state index contributed by atoms with van der Waals surface area (Å²) in [7, 11) is -3.37. The summed E-state index contributed by atoms with van der Waals surface area (Å²) in [5, 5.41) is 29.7. The minimum atomic E-state index is -3.37. The topological polar surface area (TPSA) is 270 Å². The van der Waals surface area contributed by atoms with Crippen LogP contribution < -0.4 is 115 Å². The molecule has 8 N–H and O–H groups in total. The van der Waals surface area contributed by atoms with E-state index in [0.717, 1.165) is 27.7 Å². The number of hydrogen-bond acceptors (Lipinski definition) is 9. The average molecular weight is 448 g/mol. The Morgan fingerprint density at radius 2 is 0.667 bits per heavy atom. The molecule has 0 aliphatic rings. The fourth-order valence-corrected chi connectivity index (χ4v) is 0. The third kappa shape index (κ3) is 3840. The van der Waals surface area contributed by atoms with E-state index in [-0.39, 0.29) is 88.7 Å². The first-order chi connectivity index (χ1) is 10.6. The zero-order valence-electron chi connectivity index (χ0n) is 16.7. The second-order valence-electron chi connectivity index (χ2n) is 2.88. The maximum Gasteiger partial charge on any atom is 1.00 e. The molecule has 0 radical (unpaired) electrons. The molecule has 0 aliphatic heterocycles. The van der Waals surface area contributed by atoms with Gasteiger partial charge in [-0.3, -0.25) is 19.2 Å². The summed E-state index contributed by atoms with van der Waals surface area (Å²) in [4.78, 5) is 61.4. The number of carboxylic acid groups (broad SMARTS) is 4. The van der Waals surface area contributed by atoms with Crippen LogP contribution in [0.4, 0.5) is 0 Å². The molecule has 17 heteroatoms. The largest absolute Gasteiger partial charge is 1.00 e. The van der Waals surface area contributed by atoms with Gasteiger partial charge in [-0.15, -0.1) is 0 Å². The van der Waals surface area contributed by atoms with Crippen molar-refractivity contribution in [2.75, 3.05) is 13.1 Å². The SMILES string of the molecule is CC(=O)O.CC(=O)O.CC(=O)O.CC(=O)O.NCCN.[Na+].[Na+].[Na+].[O-]P([O-])[O-]. The molecule has 148 valence electrons. The third-order valence-corrected chi connectivity index (χ3v) is 0.167. The fraction of sp³-hybridized carbons (Fsp3) is 0.600. The van der Waals surface area contributed by atoms with Crippen LogP contribution >= 0.6 is 8.60 Å². The Morgan fingerprint density at radius 1 is 0.630 bits per heavy atom. The molecule has 0 unspecified atom stereocenters. The minimum Gasteiger partial charge on any atom is -0.854 e. The van der Waals surface area contributed by atoms with Crippen LogP contribution in [-0.4, -0.2) is 57.4 Å². The molecule has 0 aliphatic carbocycles. The number of carboxylic acids is 4. The van der Waals surface area contributed by atoms with Gasteiger partial charge in [0.15, 0.2) is 0 Å². The molecule has 0 aromatic carbocycles. The first kappa shape index (κ1) is 56.6. The van der Waals surface area contributed by atoms with E-state index in [2.05, 4.69) is 0 Å². The fourth-order valence-electron chi connectivity index (χ4n) is 0. The van der Waals surface area contributed by atoms with Gasteiger partial charge in [-0.2, -0.15) is 0 Å². The maximum absolute atomic E-state index is 9.00. The zero-order valence-corrected chi connectivity index (χ0v) is 23.6. The Kier molecular flexibility index (Phi) is 118. The molecule has 0 rings (SSSR count). The Morgan fingerprint density at radius 3 is 0.667 bits per heavy atom. The summed E-state index contributed by atoms with van der Waals surface area (Å²) in [6.45, 7) is 5.53. The maximum atomic E-state index is 9.00. The van der Waals surface area contributed by atoms with Gasteiger partial charge < -0.3 is 55.2 Å². The van der Waals surface area contributed by atoms with Crippen LogP contribution in [0.3, 0.4) is 0 Å². The van der Waals surface area contributed by atoms with Crippen LogP contribution in [0.25, 0.3) is 0 Å². The number of rotatable bonds is 1. The summed E-state index contributed by atoms with van der Waals surface area (Å²) in [6.07, 6.45) is 0. The van der Waals surface area contributed by atoms with E-state index in [0.29, 0.717) is 13.1 Å². The number of aliphatic carboxylic acids is 4. The van der Waals surface area contributed by atoms with Crippen LogP contribution in [0.5, 0.6) is 0 Å². The summed E-state index contributed by atoms with van der Waals surface area (Å²) < 4.78 is 0. The number of carbonyl (C=O) groups is 4. The first-order valence-electron chi connectivity index (χ1n) is 5.58. The minimum absolute atomic E-state index is 0. The van der Waals surface area contributed by atoms with Gasteiger partial charge in [0, 0.05) is 40.8 Å². The van der Waals surface area contributed by atoms with Crippen molar-refractivity contribution in [3.05, 3.63) is 0 Å². The van der Waals surface area contributed by atoms with Gasteiger partial charge in [-0.05, 0) is 0 Å². The number of nitrogens with two attached hydrogens (primary N) is 2. The van der Waals surface area contributed by atoms with Gasteiger partial charge in [-0.25, -0.2) is 0 Å². The molecule has 13 nitrogen and oxygen atoms in total. The van der Waals surface area contributed by atoms with E-state index in [9.17, 15) is 0 Å². The summed E-state index contributed by atoms with van der Waals surface area (Å²) >= 11 is 0. The predicted octanol–water partition coefficient (Wildman–Crippen LogP) is -12.4. The van der Waals surface area contributed by atoms with Crippen LogP contribution in [0.1, 0.15) is 27.7 Å². The Bertz CT molecular complexity index is 245. The van der Waals surface area contributed by atoms with Gasteiger partial charge >= 0.3 is 88.7 Å². The average Bonchev–Trinajstić information content (AvgIpc) is 2.24. The van der Waals surface area contributed by atoms with Crippen molar-refractivity contribution in [3.8, 4) is 0 Å². The Labute approximate surface area is 225 Å². The molecule has 0 atom stereocenters. The van der Waals surface area contributed by atoms with Gasteiger partial charge in [0.25, 0.3) is 23.9 Å². The van der Waals surface area contributed by atoms with Gasteiger partial charge in [0.1, 0.15) is 0 Å². The molecule has 0 spiro atoms. The standard InChI is InChI=1S/C2H8N2.4C2H4O2.3Na.O3P/c3-1-2-4;4*1-2(3)4;;;;1-4(2)3/h1-4H2;4*1H3,(H,3,4);;;;/q;;;;;3*+1;-3. The smallest absolute Gasteiger partial charge is 0.854 e. The van der Waals surface area contributed by atoms with Crippen molar-refractivity contribution in [1.82, 2.24) is 0 Å². The molecule has 0 bridgehead atoms. The molecule has 0 amide bonds. The Hall–Kier alpha value is 1.11. The van der Waals surface area contributed by atoms with Gasteiger partial charge in [-0.1, -0.05) is 0 Å². The quantitative estimate of drug-likeness (QED) is 0.161. The molecular formula is C10H24N2Na3O11P. The van der Waals surface area contributed by atoms with Crippen molar-refractivity contribution >= 4 is 32.5 Å². The van der Waals surface area contributed by atoms with Crippen LogP contribution in [-0.2, 0) is 19.2 Å². The van der Waals surface area contributed by atoms with E-state index in [1.54, 1.807) is 0 Å². The van der Waals surface area contributed by atoms with Crippen LogP contribution in [0.2, 0.25) is 0 Å². The molecule has 0 aromatic heterocycles. The zero-order chi connectivity index (χ0) is 21.3. The van der Waals surface area contributed by atoms with Crippen molar-refractivity contribution in [2.24, 2.45) is 11.5 Å². The second kappa shape index (κ2) is 56.4. The molecule has 0 fully saturated rings.